The maximum absolute atomic E-state index is 12.7. The van der Waals surface area contributed by atoms with Gasteiger partial charge in [-0.25, -0.2) is 0 Å². The van der Waals surface area contributed by atoms with E-state index in [1.807, 2.05) is 13.8 Å². The summed E-state index contributed by atoms with van der Waals surface area (Å²) in [5, 5.41) is 2.89. The molecule has 1 aliphatic rings. The molecule has 5 nitrogen and oxygen atoms in total. The van der Waals surface area contributed by atoms with E-state index in [0.717, 1.165) is 24.2 Å². The molecule has 0 radical (unpaired) electrons. The van der Waals surface area contributed by atoms with E-state index in [1.165, 1.54) is 0 Å². The number of hydrogen-bond donors (Lipinski definition) is 1. The van der Waals surface area contributed by atoms with Gasteiger partial charge in [-0.1, -0.05) is 52.2 Å². The van der Waals surface area contributed by atoms with Crippen LogP contribution in [0, 0.1) is 5.92 Å². The number of hydrogen-bond acceptors (Lipinski definition) is 3. The summed E-state index contributed by atoms with van der Waals surface area (Å²) >= 11 is 0. The summed E-state index contributed by atoms with van der Waals surface area (Å²) in [6.07, 6.45) is 3.72. The number of carbonyl (C=O) groups excluding carboxylic acids is 3. The third-order valence-electron chi connectivity index (χ3n) is 4.63. The standard InChI is InChI=1S/C19H26N2O3/c1-4-6-9-12-20-17(22)16(13(3)5-2)21-18(23)14-10-7-8-11-15(14)19(21)24/h7-8,10-11,13,16H,4-6,9,12H2,1-3H3,(H,20,22). The Hall–Kier alpha value is -2.17. The SMILES string of the molecule is CCCCCNC(=O)C(C(C)CC)N1C(=O)c2ccccc2C1=O. The maximum atomic E-state index is 12.7. The molecule has 1 heterocycles. The Bertz CT molecular complexity index is 592. The van der Waals surface area contributed by atoms with E-state index < -0.39 is 6.04 Å². The van der Waals surface area contributed by atoms with E-state index in [1.54, 1.807) is 24.3 Å². The molecule has 0 aromatic heterocycles. The fraction of sp³-hybridized carbons (Fsp3) is 0.526. The molecular formula is C19H26N2O3. The molecule has 1 aromatic rings. The highest BCUT2D eigenvalue weighted by Gasteiger charge is 2.44. The van der Waals surface area contributed by atoms with Crippen LogP contribution in [0.3, 0.4) is 0 Å². The first-order valence-electron chi connectivity index (χ1n) is 8.77. The average Bonchev–Trinajstić information content (AvgIpc) is 2.84. The minimum Gasteiger partial charge on any atom is -0.354 e. The number of nitrogens with one attached hydrogen (secondary N) is 1. The Morgan fingerprint density at radius 1 is 1.08 bits per heavy atom. The summed E-state index contributed by atoms with van der Waals surface area (Å²) in [5.41, 5.74) is 0.768. The van der Waals surface area contributed by atoms with Gasteiger partial charge in [0.25, 0.3) is 11.8 Å². The lowest BCUT2D eigenvalue weighted by Crippen LogP contribution is -2.52. The van der Waals surface area contributed by atoms with Gasteiger partial charge in [-0.15, -0.1) is 0 Å². The van der Waals surface area contributed by atoms with Crippen molar-refractivity contribution in [2.45, 2.75) is 52.5 Å². The fourth-order valence-electron chi connectivity index (χ4n) is 3.01. The summed E-state index contributed by atoms with van der Waals surface area (Å²) in [7, 11) is 0. The molecule has 0 spiro atoms. The zero-order chi connectivity index (χ0) is 17.7. The van der Waals surface area contributed by atoms with E-state index in [-0.39, 0.29) is 23.6 Å². The van der Waals surface area contributed by atoms with Crippen LogP contribution in [0.2, 0.25) is 0 Å². The van der Waals surface area contributed by atoms with E-state index in [9.17, 15) is 14.4 Å². The summed E-state index contributed by atoms with van der Waals surface area (Å²) in [6.45, 7) is 6.53. The Labute approximate surface area is 143 Å². The Kier molecular flexibility index (Phi) is 6.12. The van der Waals surface area contributed by atoms with Crippen molar-refractivity contribution in [3.05, 3.63) is 35.4 Å². The molecule has 0 saturated heterocycles. The number of imide groups is 1. The van der Waals surface area contributed by atoms with Gasteiger partial charge in [0.2, 0.25) is 5.91 Å². The predicted octanol–water partition coefficient (Wildman–Crippen LogP) is 3.00. The summed E-state index contributed by atoms with van der Waals surface area (Å²) < 4.78 is 0. The fourth-order valence-corrected chi connectivity index (χ4v) is 3.01. The highest BCUT2D eigenvalue weighted by atomic mass is 16.2. The second-order valence-electron chi connectivity index (χ2n) is 6.35. The first-order valence-corrected chi connectivity index (χ1v) is 8.77. The Balaban J connectivity index is 2.21. The van der Waals surface area contributed by atoms with E-state index in [2.05, 4.69) is 12.2 Å². The molecule has 130 valence electrons. The second-order valence-corrected chi connectivity index (χ2v) is 6.35. The van der Waals surface area contributed by atoms with Crippen LogP contribution in [0.4, 0.5) is 0 Å². The number of fused-ring (bicyclic) bond motifs is 1. The van der Waals surface area contributed by atoms with Gasteiger partial charge in [0, 0.05) is 6.54 Å². The smallest absolute Gasteiger partial charge is 0.262 e. The summed E-state index contributed by atoms with van der Waals surface area (Å²) in [6, 6.07) is 5.99. The maximum Gasteiger partial charge on any atom is 0.262 e. The third-order valence-corrected chi connectivity index (χ3v) is 4.63. The van der Waals surface area contributed by atoms with Crippen molar-refractivity contribution < 1.29 is 14.4 Å². The zero-order valence-electron chi connectivity index (χ0n) is 14.7. The van der Waals surface area contributed by atoms with Crippen molar-refractivity contribution in [3.63, 3.8) is 0 Å². The van der Waals surface area contributed by atoms with Crippen LogP contribution in [0.1, 0.15) is 67.2 Å². The lowest BCUT2D eigenvalue weighted by molar-refractivity contribution is -0.126. The van der Waals surface area contributed by atoms with Gasteiger partial charge in [-0.05, 0) is 24.5 Å². The molecule has 5 heteroatoms. The Morgan fingerprint density at radius 3 is 2.17 bits per heavy atom. The molecule has 3 amide bonds. The summed E-state index contributed by atoms with van der Waals surface area (Å²) in [4.78, 5) is 39.2. The topological polar surface area (TPSA) is 66.5 Å². The van der Waals surface area contributed by atoms with Crippen LogP contribution in [-0.4, -0.2) is 35.2 Å². The molecule has 1 aromatic carbocycles. The van der Waals surface area contributed by atoms with Crippen LogP contribution >= 0.6 is 0 Å². The molecular weight excluding hydrogens is 304 g/mol. The normalized spacial score (nSPS) is 16.0. The molecule has 2 rings (SSSR count). The van der Waals surface area contributed by atoms with Gasteiger partial charge >= 0.3 is 0 Å². The molecule has 2 unspecified atom stereocenters. The number of benzene rings is 1. The van der Waals surface area contributed by atoms with Crippen molar-refractivity contribution in [3.8, 4) is 0 Å². The molecule has 1 aliphatic heterocycles. The van der Waals surface area contributed by atoms with Crippen molar-refractivity contribution in [2.75, 3.05) is 6.54 Å². The lowest BCUT2D eigenvalue weighted by Gasteiger charge is -2.29. The van der Waals surface area contributed by atoms with E-state index in [4.69, 9.17) is 0 Å². The number of amides is 3. The first kappa shape index (κ1) is 18.2. The largest absolute Gasteiger partial charge is 0.354 e. The van der Waals surface area contributed by atoms with Gasteiger partial charge in [0.15, 0.2) is 0 Å². The number of carbonyl (C=O) groups is 3. The van der Waals surface area contributed by atoms with Crippen LogP contribution < -0.4 is 5.32 Å². The van der Waals surface area contributed by atoms with Crippen molar-refractivity contribution in [2.24, 2.45) is 5.92 Å². The number of nitrogens with zero attached hydrogens (tertiary/aromatic N) is 1. The molecule has 24 heavy (non-hydrogen) atoms. The highest BCUT2D eigenvalue weighted by Crippen LogP contribution is 2.28. The molecule has 0 fully saturated rings. The predicted molar refractivity (Wildman–Crippen MR) is 92.7 cm³/mol. The quantitative estimate of drug-likeness (QED) is 0.588. The van der Waals surface area contributed by atoms with Crippen molar-refractivity contribution >= 4 is 17.7 Å². The first-order chi connectivity index (χ1) is 11.5. The highest BCUT2D eigenvalue weighted by molar-refractivity contribution is 6.22. The third kappa shape index (κ3) is 3.50. The second kappa shape index (κ2) is 8.08. The Morgan fingerprint density at radius 2 is 1.67 bits per heavy atom. The van der Waals surface area contributed by atoms with Gasteiger partial charge in [0.05, 0.1) is 11.1 Å². The number of unbranched alkanes of at least 4 members (excludes halogenated alkanes) is 2. The number of rotatable bonds is 8. The van der Waals surface area contributed by atoms with Crippen molar-refractivity contribution in [1.29, 1.82) is 0 Å². The van der Waals surface area contributed by atoms with Gasteiger partial charge in [-0.2, -0.15) is 0 Å². The molecule has 1 N–H and O–H groups in total. The monoisotopic (exact) mass is 330 g/mol. The van der Waals surface area contributed by atoms with Crippen LogP contribution in [0.15, 0.2) is 24.3 Å². The van der Waals surface area contributed by atoms with E-state index in [0.29, 0.717) is 24.1 Å². The van der Waals surface area contributed by atoms with Crippen LogP contribution in [0.25, 0.3) is 0 Å². The van der Waals surface area contributed by atoms with Crippen LogP contribution in [-0.2, 0) is 4.79 Å². The molecule has 2 atom stereocenters. The minimum absolute atomic E-state index is 0.0987. The van der Waals surface area contributed by atoms with Gasteiger partial charge in [0.1, 0.15) is 6.04 Å². The van der Waals surface area contributed by atoms with Gasteiger partial charge < -0.3 is 5.32 Å². The van der Waals surface area contributed by atoms with Crippen molar-refractivity contribution in [1.82, 2.24) is 10.2 Å². The zero-order valence-corrected chi connectivity index (χ0v) is 14.7. The van der Waals surface area contributed by atoms with Gasteiger partial charge in [-0.3, -0.25) is 19.3 Å². The van der Waals surface area contributed by atoms with E-state index >= 15 is 0 Å². The minimum atomic E-state index is -0.760. The van der Waals surface area contributed by atoms with Crippen LogP contribution in [0.5, 0.6) is 0 Å². The molecule has 0 aliphatic carbocycles. The molecule has 0 saturated carbocycles. The lowest BCUT2D eigenvalue weighted by atomic mass is 9.96. The molecule has 0 bridgehead atoms. The summed E-state index contributed by atoms with van der Waals surface area (Å²) in [5.74, 6) is -1.08. The average molecular weight is 330 g/mol.